The second kappa shape index (κ2) is 8.54. The number of hydrogen-bond acceptors (Lipinski definition) is 5. The number of ether oxygens (including phenoxy) is 1. The molecule has 6 nitrogen and oxygen atoms in total. The Balaban J connectivity index is 1.72. The molecular weight excluding hydrogens is 378 g/mol. The van der Waals surface area contributed by atoms with Gasteiger partial charge in [-0.2, -0.15) is 0 Å². The van der Waals surface area contributed by atoms with Gasteiger partial charge < -0.3 is 15.4 Å². The highest BCUT2D eigenvalue weighted by atomic mass is 35.5. The van der Waals surface area contributed by atoms with Crippen LogP contribution in [0.4, 0.5) is 17.2 Å². The van der Waals surface area contributed by atoms with Gasteiger partial charge in [-0.05, 0) is 67.1 Å². The predicted octanol–water partition coefficient (Wildman–Crippen LogP) is 4.83. The molecule has 0 saturated carbocycles. The van der Waals surface area contributed by atoms with Crippen LogP contribution in [0.25, 0.3) is 0 Å². The van der Waals surface area contributed by atoms with Crippen molar-refractivity contribution in [2.24, 2.45) is 0 Å². The number of pyridine rings is 1. The Hall–Kier alpha value is -3.38. The summed E-state index contributed by atoms with van der Waals surface area (Å²) in [5.41, 5.74) is 3.25. The van der Waals surface area contributed by atoms with Crippen LogP contribution in [-0.4, -0.2) is 24.0 Å². The number of methoxy groups -OCH3 is 1. The van der Waals surface area contributed by atoms with E-state index in [0.717, 1.165) is 11.3 Å². The molecule has 1 amide bonds. The smallest absolute Gasteiger partial charge is 0.337 e. The maximum absolute atomic E-state index is 12.5. The zero-order valence-corrected chi connectivity index (χ0v) is 16.1. The molecular formula is C21H18ClN3O3. The largest absolute Gasteiger partial charge is 0.465 e. The summed E-state index contributed by atoms with van der Waals surface area (Å²) in [5.74, 6) is -0.177. The van der Waals surface area contributed by atoms with Crippen LogP contribution >= 0.6 is 11.6 Å². The van der Waals surface area contributed by atoms with E-state index in [4.69, 9.17) is 11.6 Å². The highest BCUT2D eigenvalue weighted by molar-refractivity contribution is 6.30. The molecule has 3 rings (SSSR count). The average Bonchev–Trinajstić information content (AvgIpc) is 2.70. The number of aromatic nitrogens is 1. The van der Waals surface area contributed by atoms with E-state index in [-0.39, 0.29) is 5.91 Å². The molecule has 0 aliphatic rings. The summed E-state index contributed by atoms with van der Waals surface area (Å²) in [6.07, 6.45) is 1.56. The van der Waals surface area contributed by atoms with Crippen molar-refractivity contribution in [1.82, 2.24) is 4.98 Å². The van der Waals surface area contributed by atoms with Crippen LogP contribution in [0.5, 0.6) is 0 Å². The van der Waals surface area contributed by atoms with Gasteiger partial charge in [0.25, 0.3) is 5.91 Å². The van der Waals surface area contributed by atoms with Crippen LogP contribution in [0.15, 0.2) is 60.8 Å². The number of benzene rings is 2. The first-order chi connectivity index (χ1) is 13.5. The summed E-state index contributed by atoms with van der Waals surface area (Å²) in [6, 6.07) is 15.2. The van der Waals surface area contributed by atoms with Gasteiger partial charge in [-0.15, -0.1) is 0 Å². The number of anilines is 3. The summed E-state index contributed by atoms with van der Waals surface area (Å²) < 4.78 is 4.66. The Morgan fingerprint density at radius 2 is 1.75 bits per heavy atom. The molecule has 0 atom stereocenters. The van der Waals surface area contributed by atoms with Crippen molar-refractivity contribution in [3.05, 3.63) is 82.5 Å². The standard InChI is InChI=1S/C21H18ClN3O3/c1-13-11-16(22)5-8-18(13)25-19-12-15(9-10-23-19)20(26)24-17-6-3-14(4-7-17)21(27)28-2/h3-12H,1-2H3,(H,23,25)(H,24,26). The number of carbonyl (C=O) groups is 2. The second-order valence-electron chi connectivity index (χ2n) is 6.04. The molecule has 0 spiro atoms. The number of halogens is 1. The Morgan fingerprint density at radius 3 is 2.43 bits per heavy atom. The van der Waals surface area contributed by atoms with Gasteiger partial charge in [-0.25, -0.2) is 9.78 Å². The Labute approximate surface area is 167 Å². The molecule has 0 fully saturated rings. The Kier molecular flexibility index (Phi) is 5.91. The third kappa shape index (κ3) is 4.66. The maximum atomic E-state index is 12.5. The van der Waals surface area contributed by atoms with Crippen molar-refractivity contribution in [2.75, 3.05) is 17.7 Å². The number of aryl methyl sites for hydroxylation is 1. The van der Waals surface area contributed by atoms with E-state index < -0.39 is 5.97 Å². The SMILES string of the molecule is COC(=O)c1ccc(NC(=O)c2ccnc(Nc3ccc(Cl)cc3C)c2)cc1. The van der Waals surface area contributed by atoms with Gasteiger partial charge >= 0.3 is 5.97 Å². The van der Waals surface area contributed by atoms with E-state index in [1.54, 1.807) is 48.7 Å². The lowest BCUT2D eigenvalue weighted by Crippen LogP contribution is -2.12. The summed E-state index contributed by atoms with van der Waals surface area (Å²) in [7, 11) is 1.32. The summed E-state index contributed by atoms with van der Waals surface area (Å²) in [4.78, 5) is 28.2. The number of esters is 1. The fourth-order valence-corrected chi connectivity index (χ4v) is 2.78. The van der Waals surface area contributed by atoms with Crippen molar-refractivity contribution in [1.29, 1.82) is 0 Å². The topological polar surface area (TPSA) is 80.3 Å². The van der Waals surface area contributed by atoms with Crippen LogP contribution in [0.3, 0.4) is 0 Å². The molecule has 1 heterocycles. The molecule has 0 aliphatic carbocycles. The predicted molar refractivity (Wildman–Crippen MR) is 109 cm³/mol. The number of rotatable bonds is 5. The first-order valence-electron chi connectivity index (χ1n) is 8.45. The van der Waals surface area contributed by atoms with Gasteiger partial charge in [0.1, 0.15) is 5.82 Å². The summed E-state index contributed by atoms with van der Waals surface area (Å²) >= 11 is 5.98. The van der Waals surface area contributed by atoms with Gasteiger partial charge in [0.2, 0.25) is 0 Å². The van der Waals surface area contributed by atoms with Gasteiger partial charge in [-0.1, -0.05) is 11.6 Å². The normalized spacial score (nSPS) is 10.2. The van der Waals surface area contributed by atoms with Gasteiger partial charge in [0.15, 0.2) is 0 Å². The summed E-state index contributed by atoms with van der Waals surface area (Å²) in [6.45, 7) is 1.93. The van der Waals surface area contributed by atoms with Crippen LogP contribution in [-0.2, 0) is 4.74 Å². The van der Waals surface area contributed by atoms with E-state index >= 15 is 0 Å². The molecule has 0 bridgehead atoms. The molecule has 28 heavy (non-hydrogen) atoms. The average molecular weight is 396 g/mol. The van der Waals surface area contributed by atoms with E-state index in [2.05, 4.69) is 20.4 Å². The number of nitrogens with zero attached hydrogens (tertiary/aromatic N) is 1. The number of carbonyl (C=O) groups excluding carboxylic acids is 2. The zero-order valence-electron chi connectivity index (χ0n) is 15.3. The number of amides is 1. The van der Waals surface area contributed by atoms with Crippen LogP contribution in [0, 0.1) is 6.92 Å². The van der Waals surface area contributed by atoms with Crippen molar-refractivity contribution >= 4 is 40.7 Å². The fourth-order valence-electron chi connectivity index (χ4n) is 2.56. The minimum Gasteiger partial charge on any atom is -0.465 e. The third-order valence-electron chi connectivity index (χ3n) is 4.04. The van der Waals surface area contributed by atoms with E-state index in [9.17, 15) is 9.59 Å². The van der Waals surface area contributed by atoms with Crippen molar-refractivity contribution in [3.8, 4) is 0 Å². The molecule has 3 aromatic rings. The molecule has 0 radical (unpaired) electrons. The molecule has 0 aliphatic heterocycles. The summed E-state index contributed by atoms with van der Waals surface area (Å²) in [5, 5.41) is 6.63. The molecule has 142 valence electrons. The lowest BCUT2D eigenvalue weighted by Gasteiger charge is -2.11. The Bertz CT molecular complexity index is 1020. The van der Waals surface area contributed by atoms with Crippen LogP contribution < -0.4 is 10.6 Å². The molecule has 0 saturated heterocycles. The second-order valence-corrected chi connectivity index (χ2v) is 6.47. The van der Waals surface area contributed by atoms with E-state index in [1.165, 1.54) is 7.11 Å². The lowest BCUT2D eigenvalue weighted by atomic mass is 10.2. The van der Waals surface area contributed by atoms with Crippen molar-refractivity contribution in [2.45, 2.75) is 6.92 Å². The van der Waals surface area contributed by atoms with E-state index in [0.29, 0.717) is 27.7 Å². The highest BCUT2D eigenvalue weighted by Gasteiger charge is 2.10. The lowest BCUT2D eigenvalue weighted by molar-refractivity contribution is 0.0600. The first-order valence-corrected chi connectivity index (χ1v) is 8.83. The minimum atomic E-state index is -0.430. The third-order valence-corrected chi connectivity index (χ3v) is 4.27. The molecule has 2 N–H and O–H groups in total. The van der Waals surface area contributed by atoms with Gasteiger partial charge in [0.05, 0.1) is 12.7 Å². The van der Waals surface area contributed by atoms with Crippen molar-refractivity contribution in [3.63, 3.8) is 0 Å². The van der Waals surface area contributed by atoms with Crippen LogP contribution in [0.1, 0.15) is 26.3 Å². The number of nitrogens with one attached hydrogen (secondary N) is 2. The van der Waals surface area contributed by atoms with Crippen LogP contribution in [0.2, 0.25) is 5.02 Å². The molecule has 1 aromatic heterocycles. The van der Waals surface area contributed by atoms with E-state index in [1.807, 2.05) is 19.1 Å². The first kappa shape index (κ1) is 19.4. The molecule has 0 unspecified atom stereocenters. The highest BCUT2D eigenvalue weighted by Crippen LogP contribution is 2.23. The maximum Gasteiger partial charge on any atom is 0.337 e. The zero-order chi connectivity index (χ0) is 20.1. The quantitative estimate of drug-likeness (QED) is 0.605. The minimum absolute atomic E-state index is 0.288. The monoisotopic (exact) mass is 395 g/mol. The van der Waals surface area contributed by atoms with Crippen molar-refractivity contribution < 1.29 is 14.3 Å². The molecule has 2 aromatic carbocycles. The molecule has 7 heteroatoms. The van der Waals surface area contributed by atoms with Gasteiger partial charge in [0, 0.05) is 28.2 Å². The van der Waals surface area contributed by atoms with Gasteiger partial charge in [-0.3, -0.25) is 4.79 Å². The fraction of sp³-hybridized carbons (Fsp3) is 0.0952. The number of hydrogen-bond donors (Lipinski definition) is 2. The Morgan fingerprint density at radius 1 is 1.00 bits per heavy atom.